The summed E-state index contributed by atoms with van der Waals surface area (Å²) < 4.78 is 5.90. The zero-order valence-electron chi connectivity index (χ0n) is 11.4. The van der Waals surface area contributed by atoms with Gasteiger partial charge in [-0.2, -0.15) is 0 Å². The first-order chi connectivity index (χ1) is 8.88. The molecule has 3 atom stereocenters. The second kappa shape index (κ2) is 5.12. The van der Waals surface area contributed by atoms with E-state index in [1.807, 2.05) is 13.0 Å². The quantitative estimate of drug-likeness (QED) is 0.472. The fourth-order valence-electron chi connectivity index (χ4n) is 2.42. The van der Waals surface area contributed by atoms with Gasteiger partial charge >= 0.3 is 5.69 Å². The highest BCUT2D eigenvalue weighted by Gasteiger charge is 2.51. The number of nitro groups is 1. The van der Waals surface area contributed by atoms with Crippen molar-refractivity contribution in [3.05, 3.63) is 33.9 Å². The zero-order valence-corrected chi connectivity index (χ0v) is 12.9. The molecule has 1 aliphatic carbocycles. The number of halogens is 1. The number of aryl methyl sites for hydroxylation is 1. The van der Waals surface area contributed by atoms with E-state index < -0.39 is 0 Å². The molecule has 0 spiro atoms. The molecule has 104 valence electrons. The van der Waals surface area contributed by atoms with E-state index in [9.17, 15) is 10.1 Å². The van der Waals surface area contributed by atoms with Crippen LogP contribution >= 0.6 is 15.9 Å². The number of rotatable bonds is 4. The van der Waals surface area contributed by atoms with Crippen molar-refractivity contribution in [3.63, 3.8) is 0 Å². The van der Waals surface area contributed by atoms with Gasteiger partial charge in [-0.3, -0.25) is 10.1 Å². The van der Waals surface area contributed by atoms with E-state index in [1.165, 1.54) is 0 Å². The van der Waals surface area contributed by atoms with Gasteiger partial charge < -0.3 is 4.74 Å². The molecule has 5 heteroatoms. The van der Waals surface area contributed by atoms with Gasteiger partial charge in [0.25, 0.3) is 0 Å². The van der Waals surface area contributed by atoms with Crippen LogP contribution in [-0.2, 0) is 0 Å². The summed E-state index contributed by atoms with van der Waals surface area (Å²) in [6.07, 6.45) is 1.89. The SMILES string of the molecule is CCC1(C)C(Br)CC1Oc1ccc(C)cc1[N+](=O)[O-]. The average Bonchev–Trinajstić information content (AvgIpc) is 2.38. The molecular weight excluding hydrogens is 310 g/mol. The molecule has 0 aliphatic heterocycles. The molecule has 1 aromatic rings. The van der Waals surface area contributed by atoms with Crippen LogP contribution in [0.1, 0.15) is 32.3 Å². The molecule has 0 N–H and O–H groups in total. The average molecular weight is 328 g/mol. The van der Waals surface area contributed by atoms with E-state index in [-0.39, 0.29) is 22.1 Å². The number of alkyl halides is 1. The number of nitrogens with zero attached hydrogens (tertiary/aromatic N) is 1. The number of nitro benzene ring substituents is 1. The smallest absolute Gasteiger partial charge is 0.311 e. The number of benzene rings is 1. The lowest BCUT2D eigenvalue weighted by Gasteiger charge is -2.50. The number of hydrogen-bond donors (Lipinski definition) is 0. The Hall–Kier alpha value is -1.10. The van der Waals surface area contributed by atoms with Crippen LogP contribution in [0.5, 0.6) is 5.75 Å². The molecule has 3 unspecified atom stereocenters. The molecule has 4 nitrogen and oxygen atoms in total. The van der Waals surface area contributed by atoms with Crippen LogP contribution < -0.4 is 4.74 Å². The first-order valence-electron chi connectivity index (χ1n) is 6.44. The predicted octanol–water partition coefficient (Wildman–Crippen LogP) is 4.23. The monoisotopic (exact) mass is 327 g/mol. The molecule has 0 amide bonds. The molecule has 0 saturated heterocycles. The third kappa shape index (κ3) is 2.48. The lowest BCUT2D eigenvalue weighted by Crippen LogP contribution is -2.54. The van der Waals surface area contributed by atoms with Gasteiger partial charge in [-0.1, -0.05) is 35.8 Å². The molecule has 2 rings (SSSR count). The van der Waals surface area contributed by atoms with Crippen molar-refractivity contribution in [2.75, 3.05) is 0 Å². The van der Waals surface area contributed by atoms with Crippen LogP contribution in [-0.4, -0.2) is 15.9 Å². The Labute approximate surface area is 121 Å². The Morgan fingerprint density at radius 1 is 1.58 bits per heavy atom. The van der Waals surface area contributed by atoms with Gasteiger partial charge in [-0.15, -0.1) is 0 Å². The number of ether oxygens (including phenoxy) is 1. The first-order valence-corrected chi connectivity index (χ1v) is 7.36. The molecule has 0 heterocycles. The molecule has 0 bridgehead atoms. The highest BCUT2D eigenvalue weighted by atomic mass is 79.9. The van der Waals surface area contributed by atoms with Gasteiger partial charge in [-0.05, 0) is 31.4 Å². The molecule has 0 radical (unpaired) electrons. The van der Waals surface area contributed by atoms with Crippen molar-refractivity contribution in [1.82, 2.24) is 0 Å². The van der Waals surface area contributed by atoms with E-state index in [1.54, 1.807) is 12.1 Å². The first kappa shape index (κ1) is 14.3. The van der Waals surface area contributed by atoms with Crippen LogP contribution in [0.2, 0.25) is 0 Å². The minimum absolute atomic E-state index is 0.0308. The van der Waals surface area contributed by atoms with Crippen molar-refractivity contribution in [2.24, 2.45) is 5.41 Å². The Balaban J connectivity index is 2.23. The fourth-order valence-corrected chi connectivity index (χ4v) is 3.38. The third-order valence-corrected chi connectivity index (χ3v) is 5.63. The molecule has 19 heavy (non-hydrogen) atoms. The lowest BCUT2D eigenvalue weighted by molar-refractivity contribution is -0.386. The predicted molar refractivity (Wildman–Crippen MR) is 78.0 cm³/mol. The second-order valence-corrected chi connectivity index (χ2v) is 6.50. The minimum atomic E-state index is -0.379. The Morgan fingerprint density at radius 3 is 2.79 bits per heavy atom. The highest BCUT2D eigenvalue weighted by molar-refractivity contribution is 9.09. The van der Waals surface area contributed by atoms with Crippen molar-refractivity contribution in [3.8, 4) is 5.75 Å². The molecular formula is C14H18BrNO3. The standard InChI is InChI=1S/C14H18BrNO3/c1-4-14(3)12(15)8-13(14)19-11-6-5-9(2)7-10(11)16(17)18/h5-7,12-13H,4,8H2,1-3H3. The van der Waals surface area contributed by atoms with E-state index >= 15 is 0 Å². The molecule has 1 fully saturated rings. The summed E-state index contributed by atoms with van der Waals surface area (Å²) in [6, 6.07) is 5.10. The van der Waals surface area contributed by atoms with Crippen LogP contribution in [0, 0.1) is 22.5 Å². The Bertz CT molecular complexity index is 505. The maximum absolute atomic E-state index is 11.1. The van der Waals surface area contributed by atoms with Crippen molar-refractivity contribution in [1.29, 1.82) is 0 Å². The summed E-state index contributed by atoms with van der Waals surface area (Å²) in [6.45, 7) is 6.11. The van der Waals surface area contributed by atoms with Crippen LogP contribution in [0.15, 0.2) is 18.2 Å². The Morgan fingerprint density at radius 2 is 2.26 bits per heavy atom. The van der Waals surface area contributed by atoms with Gasteiger partial charge in [0.1, 0.15) is 6.10 Å². The second-order valence-electron chi connectivity index (χ2n) is 5.40. The van der Waals surface area contributed by atoms with Gasteiger partial charge in [0, 0.05) is 16.3 Å². The summed E-state index contributed by atoms with van der Waals surface area (Å²) in [7, 11) is 0. The summed E-state index contributed by atoms with van der Waals surface area (Å²) in [5.41, 5.74) is 0.958. The molecule has 1 aliphatic rings. The maximum atomic E-state index is 11.1. The Kier molecular flexibility index (Phi) is 3.85. The van der Waals surface area contributed by atoms with E-state index in [0.29, 0.717) is 10.6 Å². The minimum Gasteiger partial charge on any atom is -0.483 e. The van der Waals surface area contributed by atoms with Crippen LogP contribution in [0.25, 0.3) is 0 Å². The molecule has 0 aromatic heterocycles. The lowest BCUT2D eigenvalue weighted by atomic mass is 9.65. The van der Waals surface area contributed by atoms with Gasteiger partial charge in [-0.25, -0.2) is 0 Å². The van der Waals surface area contributed by atoms with E-state index in [2.05, 4.69) is 29.8 Å². The molecule has 1 saturated carbocycles. The van der Waals surface area contributed by atoms with Crippen molar-refractivity contribution in [2.45, 2.75) is 44.5 Å². The van der Waals surface area contributed by atoms with Gasteiger partial charge in [0.15, 0.2) is 5.75 Å². The summed E-state index contributed by atoms with van der Waals surface area (Å²) in [4.78, 5) is 11.1. The van der Waals surface area contributed by atoms with Gasteiger partial charge in [0.05, 0.1) is 4.92 Å². The van der Waals surface area contributed by atoms with Crippen LogP contribution in [0.4, 0.5) is 5.69 Å². The van der Waals surface area contributed by atoms with Crippen molar-refractivity contribution < 1.29 is 9.66 Å². The third-order valence-electron chi connectivity index (χ3n) is 4.21. The highest BCUT2D eigenvalue weighted by Crippen LogP contribution is 2.50. The topological polar surface area (TPSA) is 52.4 Å². The van der Waals surface area contributed by atoms with E-state index in [0.717, 1.165) is 18.4 Å². The molecule has 1 aromatic carbocycles. The van der Waals surface area contributed by atoms with Crippen molar-refractivity contribution >= 4 is 21.6 Å². The summed E-state index contributed by atoms with van der Waals surface area (Å²) >= 11 is 3.64. The summed E-state index contributed by atoms with van der Waals surface area (Å²) in [5, 5.41) is 11.1. The van der Waals surface area contributed by atoms with E-state index in [4.69, 9.17) is 4.74 Å². The maximum Gasteiger partial charge on any atom is 0.311 e. The van der Waals surface area contributed by atoms with Gasteiger partial charge in [0.2, 0.25) is 0 Å². The normalized spacial score (nSPS) is 29.7. The fraction of sp³-hybridized carbons (Fsp3) is 0.571. The summed E-state index contributed by atoms with van der Waals surface area (Å²) in [5.74, 6) is 0.375. The number of hydrogen-bond acceptors (Lipinski definition) is 3. The largest absolute Gasteiger partial charge is 0.483 e. The zero-order chi connectivity index (χ0) is 14.2. The van der Waals surface area contributed by atoms with Crippen LogP contribution in [0.3, 0.4) is 0 Å².